The van der Waals surface area contributed by atoms with E-state index in [1.807, 2.05) is 6.92 Å². The lowest BCUT2D eigenvalue weighted by molar-refractivity contribution is 0.355. The van der Waals surface area contributed by atoms with E-state index in [1.165, 1.54) is 0 Å². The molecule has 0 saturated carbocycles. The minimum absolute atomic E-state index is 0.199. The van der Waals surface area contributed by atoms with Gasteiger partial charge < -0.3 is 5.73 Å². The summed E-state index contributed by atoms with van der Waals surface area (Å²) in [6, 6.07) is 0.199. The van der Waals surface area contributed by atoms with Gasteiger partial charge in [0.25, 0.3) is 0 Å². The van der Waals surface area contributed by atoms with Crippen LogP contribution in [0, 0.1) is 5.92 Å². The van der Waals surface area contributed by atoms with E-state index in [2.05, 4.69) is 30.7 Å². The van der Waals surface area contributed by atoms with Gasteiger partial charge in [0.1, 0.15) is 5.66 Å². The van der Waals surface area contributed by atoms with Gasteiger partial charge in [-0.05, 0) is 12.8 Å². The van der Waals surface area contributed by atoms with Crippen LogP contribution in [0.1, 0.15) is 20.8 Å². The maximum atomic E-state index is 5.87. The molecule has 0 saturated heterocycles. The van der Waals surface area contributed by atoms with E-state index in [0.29, 0.717) is 5.92 Å². The van der Waals surface area contributed by atoms with Gasteiger partial charge in [-0.2, -0.15) is 0 Å². The number of nitrogens with zero attached hydrogens (tertiary/aromatic N) is 1. The highest BCUT2D eigenvalue weighted by atomic mass is 15.2. The zero-order chi connectivity index (χ0) is 9.35. The summed E-state index contributed by atoms with van der Waals surface area (Å²) in [6.07, 6.45) is 1.70. The second kappa shape index (κ2) is 2.99. The highest BCUT2D eigenvalue weighted by Gasteiger charge is 2.28. The molecule has 0 amide bonds. The fourth-order valence-corrected chi connectivity index (χ4v) is 1.30. The molecule has 1 heterocycles. The molecule has 3 nitrogen and oxygen atoms in total. The number of nitrogens with two attached hydrogens (primary N) is 1. The molecule has 1 rings (SSSR count). The highest BCUT2D eigenvalue weighted by Crippen LogP contribution is 2.17. The summed E-state index contributed by atoms with van der Waals surface area (Å²) in [6.45, 7) is 10.0. The van der Waals surface area contributed by atoms with Gasteiger partial charge in [-0.25, -0.2) is 0 Å². The summed E-state index contributed by atoms with van der Waals surface area (Å²) in [5.41, 5.74) is 6.25. The standard InChI is InChI=1S/C9H17N3/c1-6(2)8-7(3)11-5-9(4,10)12-8/h5-6,8,12H,3,10H2,1-2,4H3/t8-,9?/m0/s1. The second-order valence-electron chi connectivity index (χ2n) is 3.90. The van der Waals surface area contributed by atoms with Crippen molar-refractivity contribution in [2.75, 3.05) is 0 Å². The van der Waals surface area contributed by atoms with Gasteiger partial charge in [-0.1, -0.05) is 20.4 Å². The van der Waals surface area contributed by atoms with Crippen LogP contribution in [-0.2, 0) is 0 Å². The van der Waals surface area contributed by atoms with E-state index in [9.17, 15) is 0 Å². The van der Waals surface area contributed by atoms with Crippen molar-refractivity contribution in [3.05, 3.63) is 12.3 Å². The average Bonchev–Trinajstić information content (AvgIpc) is 1.94. The molecule has 2 atom stereocenters. The van der Waals surface area contributed by atoms with Crippen LogP contribution >= 0.6 is 0 Å². The fourth-order valence-electron chi connectivity index (χ4n) is 1.30. The monoisotopic (exact) mass is 167 g/mol. The lowest BCUT2D eigenvalue weighted by Gasteiger charge is -2.34. The van der Waals surface area contributed by atoms with Crippen molar-refractivity contribution in [1.29, 1.82) is 0 Å². The Morgan fingerprint density at radius 1 is 1.75 bits per heavy atom. The third-order valence-electron chi connectivity index (χ3n) is 1.99. The first-order chi connectivity index (χ1) is 5.42. The molecule has 3 N–H and O–H groups in total. The molecule has 1 aliphatic rings. The predicted octanol–water partition coefficient (Wildman–Crippen LogP) is 0.874. The van der Waals surface area contributed by atoms with E-state index < -0.39 is 5.66 Å². The Labute approximate surface area is 73.7 Å². The number of nitrogens with one attached hydrogen (secondary N) is 1. The summed E-state index contributed by atoms with van der Waals surface area (Å²) >= 11 is 0. The lowest BCUT2D eigenvalue weighted by atomic mass is 9.98. The summed E-state index contributed by atoms with van der Waals surface area (Å²) in [5, 5.41) is 3.27. The molecule has 0 radical (unpaired) electrons. The van der Waals surface area contributed by atoms with Crippen molar-refractivity contribution in [3.8, 4) is 0 Å². The Morgan fingerprint density at radius 2 is 2.33 bits per heavy atom. The van der Waals surface area contributed by atoms with Crippen molar-refractivity contribution < 1.29 is 0 Å². The van der Waals surface area contributed by atoms with Crippen molar-refractivity contribution in [3.63, 3.8) is 0 Å². The third kappa shape index (κ3) is 1.93. The molecule has 0 aromatic rings. The van der Waals surface area contributed by atoms with Gasteiger partial charge in [0.05, 0.1) is 11.7 Å². The Kier molecular flexibility index (Phi) is 2.35. The summed E-state index contributed by atoms with van der Waals surface area (Å²) in [4.78, 5) is 4.18. The predicted molar refractivity (Wildman–Crippen MR) is 52.0 cm³/mol. The first-order valence-electron chi connectivity index (χ1n) is 4.23. The Morgan fingerprint density at radius 3 is 2.75 bits per heavy atom. The maximum absolute atomic E-state index is 5.87. The summed E-state index contributed by atoms with van der Waals surface area (Å²) in [7, 11) is 0. The average molecular weight is 167 g/mol. The first kappa shape index (κ1) is 9.42. The van der Waals surface area contributed by atoms with Crippen LogP contribution in [0.15, 0.2) is 17.3 Å². The normalized spacial score (nSPS) is 36.1. The maximum Gasteiger partial charge on any atom is 0.100 e. The molecule has 12 heavy (non-hydrogen) atoms. The van der Waals surface area contributed by atoms with Gasteiger partial charge in [-0.3, -0.25) is 10.3 Å². The molecule has 0 fully saturated rings. The number of rotatable bonds is 1. The number of hydrogen-bond acceptors (Lipinski definition) is 3. The van der Waals surface area contributed by atoms with Crippen LogP contribution < -0.4 is 11.1 Å². The first-order valence-corrected chi connectivity index (χ1v) is 4.23. The topological polar surface area (TPSA) is 50.4 Å². The minimum atomic E-state index is -0.490. The zero-order valence-electron chi connectivity index (χ0n) is 7.96. The molecule has 1 aliphatic heterocycles. The lowest BCUT2D eigenvalue weighted by Crippen LogP contribution is -2.60. The molecule has 68 valence electrons. The van der Waals surface area contributed by atoms with Crippen molar-refractivity contribution >= 4 is 6.21 Å². The van der Waals surface area contributed by atoms with Crippen LogP contribution in [0.2, 0.25) is 0 Å². The quantitative estimate of drug-likeness (QED) is 0.609. The van der Waals surface area contributed by atoms with Crippen LogP contribution in [0.25, 0.3) is 0 Å². The molecule has 0 aromatic carbocycles. The second-order valence-corrected chi connectivity index (χ2v) is 3.90. The van der Waals surface area contributed by atoms with Gasteiger partial charge in [0.15, 0.2) is 0 Å². The van der Waals surface area contributed by atoms with E-state index in [-0.39, 0.29) is 6.04 Å². The van der Waals surface area contributed by atoms with Crippen LogP contribution in [0.4, 0.5) is 0 Å². The number of hydrogen-bond donors (Lipinski definition) is 2. The van der Waals surface area contributed by atoms with Crippen LogP contribution in [0.5, 0.6) is 0 Å². The minimum Gasteiger partial charge on any atom is -0.309 e. The molecule has 0 aromatic heterocycles. The van der Waals surface area contributed by atoms with E-state index in [1.54, 1.807) is 6.21 Å². The molecule has 1 unspecified atom stereocenters. The molecular weight excluding hydrogens is 150 g/mol. The van der Waals surface area contributed by atoms with E-state index in [4.69, 9.17) is 5.73 Å². The van der Waals surface area contributed by atoms with E-state index in [0.717, 1.165) is 5.70 Å². The summed E-state index contributed by atoms with van der Waals surface area (Å²) < 4.78 is 0. The molecule has 0 aliphatic carbocycles. The van der Waals surface area contributed by atoms with E-state index >= 15 is 0 Å². The Hall–Kier alpha value is -0.670. The molecule has 3 heteroatoms. The Bertz CT molecular complexity index is 216. The zero-order valence-corrected chi connectivity index (χ0v) is 7.96. The van der Waals surface area contributed by atoms with Crippen LogP contribution in [-0.4, -0.2) is 17.9 Å². The third-order valence-corrected chi connectivity index (χ3v) is 1.99. The number of aliphatic imine (C=N–C) groups is 1. The van der Waals surface area contributed by atoms with Crippen molar-refractivity contribution in [1.82, 2.24) is 5.32 Å². The highest BCUT2D eigenvalue weighted by molar-refractivity contribution is 5.71. The van der Waals surface area contributed by atoms with Crippen molar-refractivity contribution in [2.24, 2.45) is 16.6 Å². The fraction of sp³-hybridized carbons (Fsp3) is 0.667. The smallest absolute Gasteiger partial charge is 0.100 e. The summed E-state index contributed by atoms with van der Waals surface area (Å²) in [5.74, 6) is 0.470. The van der Waals surface area contributed by atoms with Gasteiger partial charge in [0, 0.05) is 6.21 Å². The molecule has 0 spiro atoms. The van der Waals surface area contributed by atoms with Gasteiger partial charge in [-0.15, -0.1) is 0 Å². The SMILES string of the molecule is C=C1N=CC(C)(N)N[C@H]1C(C)C. The Balaban J connectivity index is 2.81. The molecule has 0 bridgehead atoms. The van der Waals surface area contributed by atoms with Crippen molar-refractivity contribution in [2.45, 2.75) is 32.5 Å². The largest absolute Gasteiger partial charge is 0.309 e. The van der Waals surface area contributed by atoms with Crippen LogP contribution in [0.3, 0.4) is 0 Å². The van der Waals surface area contributed by atoms with Gasteiger partial charge >= 0.3 is 0 Å². The molecular formula is C9H17N3. The van der Waals surface area contributed by atoms with Gasteiger partial charge in [0.2, 0.25) is 0 Å².